The molecule has 0 spiro atoms. The van der Waals surface area contributed by atoms with E-state index in [0.717, 1.165) is 0 Å². The van der Waals surface area contributed by atoms with Crippen LogP contribution in [0.15, 0.2) is 71.1 Å². The summed E-state index contributed by atoms with van der Waals surface area (Å²) in [5, 5.41) is 8.78. The zero-order valence-electron chi connectivity index (χ0n) is 11.6. The lowest BCUT2D eigenvalue weighted by molar-refractivity contribution is -0.138. The Kier molecular flexibility index (Phi) is 7.54. The van der Waals surface area contributed by atoms with Crippen molar-refractivity contribution in [2.24, 2.45) is 0 Å². The van der Waals surface area contributed by atoms with Crippen LogP contribution in [0.4, 0.5) is 0 Å². The van der Waals surface area contributed by atoms with Crippen LogP contribution in [0.3, 0.4) is 0 Å². The maximum atomic E-state index is 11.3. The van der Waals surface area contributed by atoms with Gasteiger partial charge in [0.05, 0.1) is 19.1 Å². The molecule has 0 aliphatic rings. The second kappa shape index (κ2) is 9.87. The van der Waals surface area contributed by atoms with Crippen molar-refractivity contribution in [3.8, 4) is 12.0 Å². The highest BCUT2D eigenvalue weighted by atomic mass is 16.6. The first-order valence-corrected chi connectivity index (χ1v) is 6.25. The Morgan fingerprint density at radius 1 is 1.33 bits per heavy atom. The van der Waals surface area contributed by atoms with Crippen LogP contribution in [0, 0.1) is 11.3 Å². The highest BCUT2D eigenvalue weighted by Gasteiger charge is 2.07. The van der Waals surface area contributed by atoms with Crippen molar-refractivity contribution in [3.63, 3.8) is 0 Å². The van der Waals surface area contributed by atoms with Crippen LogP contribution < -0.4 is 4.74 Å². The number of hydrogen-bond donors (Lipinski definition) is 0. The zero-order chi connectivity index (χ0) is 15.3. The number of carbonyl (C=O) groups excluding carboxylic acids is 1. The third-order valence-electron chi connectivity index (χ3n) is 2.08. The van der Waals surface area contributed by atoms with Gasteiger partial charge in [-0.05, 0) is 25.1 Å². The van der Waals surface area contributed by atoms with Crippen LogP contribution in [-0.4, -0.2) is 12.6 Å². The summed E-state index contributed by atoms with van der Waals surface area (Å²) in [5.74, 6) is -0.216. The number of nitrogens with zero attached hydrogens (tertiary/aromatic N) is 1. The quantitative estimate of drug-likeness (QED) is 0.253. The molecule has 0 atom stereocenters. The maximum Gasteiger partial charge on any atom is 0.348 e. The van der Waals surface area contributed by atoms with Gasteiger partial charge in [-0.3, -0.25) is 0 Å². The largest absolute Gasteiger partial charge is 0.462 e. The van der Waals surface area contributed by atoms with E-state index in [2.05, 4.69) is 0 Å². The predicted molar refractivity (Wildman–Crippen MR) is 77.1 cm³/mol. The summed E-state index contributed by atoms with van der Waals surface area (Å²) in [7, 11) is 0. The molecule has 1 aromatic rings. The average Bonchev–Trinajstić information content (AvgIpc) is 2.99. The van der Waals surface area contributed by atoms with E-state index >= 15 is 0 Å². The van der Waals surface area contributed by atoms with Crippen LogP contribution in [-0.2, 0) is 9.53 Å². The van der Waals surface area contributed by atoms with E-state index < -0.39 is 5.97 Å². The first-order chi connectivity index (χ1) is 10.3. The van der Waals surface area contributed by atoms with Gasteiger partial charge in [-0.2, -0.15) is 5.26 Å². The van der Waals surface area contributed by atoms with E-state index in [1.54, 1.807) is 55.5 Å². The van der Waals surface area contributed by atoms with E-state index in [1.807, 2.05) is 0 Å². The maximum absolute atomic E-state index is 11.3. The van der Waals surface area contributed by atoms with Crippen molar-refractivity contribution in [3.05, 3.63) is 66.7 Å². The molecule has 0 saturated heterocycles. The Hall–Kier alpha value is -3.00. The molecule has 0 fully saturated rings. The smallest absolute Gasteiger partial charge is 0.348 e. The molecule has 1 heterocycles. The molecule has 0 aliphatic carbocycles. The molecular formula is C16H15NO4. The van der Waals surface area contributed by atoms with Crippen LogP contribution >= 0.6 is 0 Å². The van der Waals surface area contributed by atoms with Gasteiger partial charge in [0.2, 0.25) is 0 Å². The second-order valence-corrected chi connectivity index (χ2v) is 3.56. The van der Waals surface area contributed by atoms with Gasteiger partial charge in [-0.1, -0.05) is 24.3 Å². The molecular weight excluding hydrogens is 270 g/mol. The molecule has 0 saturated carbocycles. The van der Waals surface area contributed by atoms with Gasteiger partial charge >= 0.3 is 5.97 Å². The topological polar surface area (TPSA) is 72.5 Å². The highest BCUT2D eigenvalue weighted by molar-refractivity contribution is 5.93. The SMILES string of the molecule is CCOC(=O)C(C#N)=CC=CC=CC=COc1ccco1. The molecule has 0 amide bonds. The summed E-state index contributed by atoms with van der Waals surface area (Å²) < 4.78 is 14.8. The Morgan fingerprint density at radius 2 is 2.10 bits per heavy atom. The first kappa shape index (κ1) is 16.1. The van der Waals surface area contributed by atoms with Crippen molar-refractivity contribution >= 4 is 5.97 Å². The summed E-state index contributed by atoms with van der Waals surface area (Å²) in [5.41, 5.74) is -0.0433. The minimum Gasteiger partial charge on any atom is -0.462 e. The fraction of sp³-hybridized carbons (Fsp3) is 0.125. The van der Waals surface area contributed by atoms with E-state index in [9.17, 15) is 4.79 Å². The normalized spacial score (nSPS) is 12.1. The molecule has 5 heteroatoms. The third-order valence-corrected chi connectivity index (χ3v) is 2.08. The Morgan fingerprint density at radius 3 is 2.76 bits per heavy atom. The Balaban J connectivity index is 2.39. The lowest BCUT2D eigenvalue weighted by Gasteiger charge is -1.96. The molecule has 0 radical (unpaired) electrons. The van der Waals surface area contributed by atoms with Crippen molar-refractivity contribution in [1.29, 1.82) is 5.26 Å². The predicted octanol–water partition coefficient (Wildman–Crippen LogP) is 3.30. The molecule has 1 aromatic heterocycles. The van der Waals surface area contributed by atoms with Crippen molar-refractivity contribution in [2.75, 3.05) is 6.61 Å². The fourth-order valence-electron chi connectivity index (χ4n) is 1.19. The minimum absolute atomic E-state index is 0.0433. The second-order valence-electron chi connectivity index (χ2n) is 3.56. The average molecular weight is 285 g/mol. The van der Waals surface area contributed by atoms with Gasteiger partial charge < -0.3 is 13.9 Å². The number of hydrogen-bond acceptors (Lipinski definition) is 5. The van der Waals surface area contributed by atoms with Gasteiger partial charge in [-0.25, -0.2) is 4.79 Å². The molecule has 0 unspecified atom stereocenters. The lowest BCUT2D eigenvalue weighted by Crippen LogP contribution is -2.05. The summed E-state index contributed by atoms with van der Waals surface area (Å²) in [6, 6.07) is 5.20. The molecule has 0 aliphatic heterocycles. The summed E-state index contributed by atoms with van der Waals surface area (Å²) >= 11 is 0. The standard InChI is InChI=1S/C16H15NO4/c1-2-19-16(18)14(13-17)9-6-4-3-5-7-11-20-15-10-8-12-21-15/h3-12H,2H2,1H3. The molecule has 0 bridgehead atoms. The van der Waals surface area contributed by atoms with Gasteiger partial charge in [0, 0.05) is 6.07 Å². The fourth-order valence-corrected chi connectivity index (χ4v) is 1.19. The molecule has 0 aromatic carbocycles. The minimum atomic E-state index is -0.625. The van der Waals surface area contributed by atoms with Crippen molar-refractivity contribution in [1.82, 2.24) is 0 Å². The summed E-state index contributed by atoms with van der Waals surface area (Å²) in [6.45, 7) is 1.92. The van der Waals surface area contributed by atoms with Crippen LogP contribution in [0.1, 0.15) is 6.92 Å². The molecule has 1 rings (SSSR count). The van der Waals surface area contributed by atoms with Crippen LogP contribution in [0.5, 0.6) is 5.95 Å². The van der Waals surface area contributed by atoms with Gasteiger partial charge in [0.25, 0.3) is 5.95 Å². The Labute approximate surface area is 123 Å². The van der Waals surface area contributed by atoms with Crippen molar-refractivity contribution in [2.45, 2.75) is 6.92 Å². The molecule has 21 heavy (non-hydrogen) atoms. The molecule has 0 N–H and O–H groups in total. The zero-order valence-corrected chi connectivity index (χ0v) is 11.6. The number of carbonyl (C=O) groups is 1. The third kappa shape index (κ3) is 6.64. The number of ether oxygens (including phenoxy) is 2. The number of furan rings is 1. The summed E-state index contributed by atoms with van der Waals surface area (Å²) in [6.07, 6.45) is 12.8. The Bertz CT molecular complexity index is 586. The molecule has 5 nitrogen and oxygen atoms in total. The number of rotatable bonds is 7. The van der Waals surface area contributed by atoms with E-state index in [0.29, 0.717) is 5.95 Å². The van der Waals surface area contributed by atoms with E-state index in [4.69, 9.17) is 19.2 Å². The van der Waals surface area contributed by atoms with Crippen LogP contribution in [0.25, 0.3) is 0 Å². The van der Waals surface area contributed by atoms with Gasteiger partial charge in [0.15, 0.2) is 0 Å². The number of allylic oxidation sites excluding steroid dienone is 6. The van der Waals surface area contributed by atoms with Gasteiger partial charge in [0.1, 0.15) is 11.6 Å². The molecule has 108 valence electrons. The van der Waals surface area contributed by atoms with Crippen LogP contribution in [0.2, 0.25) is 0 Å². The van der Waals surface area contributed by atoms with Crippen molar-refractivity contribution < 1.29 is 18.7 Å². The number of nitriles is 1. The number of esters is 1. The monoisotopic (exact) mass is 285 g/mol. The van der Waals surface area contributed by atoms with E-state index in [1.165, 1.54) is 18.6 Å². The first-order valence-electron chi connectivity index (χ1n) is 6.25. The summed E-state index contributed by atoms with van der Waals surface area (Å²) in [4.78, 5) is 11.3. The lowest BCUT2D eigenvalue weighted by atomic mass is 10.2. The van der Waals surface area contributed by atoms with Gasteiger partial charge in [-0.15, -0.1) is 0 Å². The van der Waals surface area contributed by atoms with E-state index in [-0.39, 0.29) is 12.2 Å². The highest BCUT2D eigenvalue weighted by Crippen LogP contribution is 2.09.